The third kappa shape index (κ3) is 5.93. The van der Waals surface area contributed by atoms with Gasteiger partial charge in [-0.2, -0.15) is 0 Å². The normalized spacial score (nSPS) is 14.7. The van der Waals surface area contributed by atoms with Crippen LogP contribution >= 0.6 is 11.3 Å². The van der Waals surface area contributed by atoms with E-state index in [2.05, 4.69) is 50.2 Å². The maximum Gasteiger partial charge on any atom is 0.315 e. The largest absolute Gasteiger partial charge is 0.394 e. The van der Waals surface area contributed by atoms with E-state index in [1.807, 2.05) is 12.3 Å². The van der Waals surface area contributed by atoms with Crippen molar-refractivity contribution < 1.29 is 9.90 Å². The van der Waals surface area contributed by atoms with Gasteiger partial charge in [-0.15, -0.1) is 11.3 Å². The Balaban J connectivity index is 2.58. The van der Waals surface area contributed by atoms with Crippen molar-refractivity contribution in [1.82, 2.24) is 15.6 Å². The molecule has 0 saturated heterocycles. The molecule has 0 aliphatic carbocycles. The molecule has 1 heterocycles. The number of aliphatic hydroxyl groups excluding tert-OH is 1. The Hall–Kier alpha value is -1.14. The van der Waals surface area contributed by atoms with Crippen molar-refractivity contribution in [2.45, 2.75) is 65.5 Å². The first-order valence-electron chi connectivity index (χ1n) is 7.77. The smallest absolute Gasteiger partial charge is 0.315 e. The number of aromatic nitrogens is 1. The molecule has 0 bridgehead atoms. The van der Waals surface area contributed by atoms with Crippen LogP contribution in [0.15, 0.2) is 5.38 Å². The molecule has 0 aliphatic heterocycles. The fourth-order valence-electron chi connectivity index (χ4n) is 2.06. The Labute approximate surface area is 137 Å². The van der Waals surface area contributed by atoms with Crippen LogP contribution < -0.4 is 10.6 Å². The molecule has 0 radical (unpaired) electrons. The number of amides is 2. The topological polar surface area (TPSA) is 74.2 Å². The third-order valence-electron chi connectivity index (χ3n) is 3.32. The number of thiazole rings is 1. The van der Waals surface area contributed by atoms with E-state index in [4.69, 9.17) is 0 Å². The highest BCUT2D eigenvalue weighted by Crippen LogP contribution is 2.26. The standard InChI is InChI=1S/C16H29N3O2S/c1-10(2)7-12(8-20)18-15(21)17-11(3)14-19-13(9-22-14)16(4,5)6/h9-12,20H,7-8H2,1-6H3,(H2,17,18,21). The fourth-order valence-corrected chi connectivity index (χ4v) is 3.12. The zero-order chi connectivity index (χ0) is 16.9. The summed E-state index contributed by atoms with van der Waals surface area (Å²) in [6.45, 7) is 12.4. The van der Waals surface area contributed by atoms with Gasteiger partial charge in [-0.3, -0.25) is 0 Å². The second kappa shape index (κ2) is 7.92. The van der Waals surface area contributed by atoms with E-state index in [-0.39, 0.29) is 30.1 Å². The summed E-state index contributed by atoms with van der Waals surface area (Å²) in [7, 11) is 0. The second-order valence-corrected chi connectivity index (χ2v) is 8.06. The number of urea groups is 1. The molecule has 5 nitrogen and oxygen atoms in total. The average Bonchev–Trinajstić information content (AvgIpc) is 2.86. The first-order valence-corrected chi connectivity index (χ1v) is 8.65. The summed E-state index contributed by atoms with van der Waals surface area (Å²) in [5.74, 6) is 0.420. The lowest BCUT2D eigenvalue weighted by molar-refractivity contribution is 0.205. The van der Waals surface area contributed by atoms with Gasteiger partial charge in [-0.25, -0.2) is 9.78 Å². The summed E-state index contributed by atoms with van der Waals surface area (Å²) in [5, 5.41) is 17.9. The molecule has 2 unspecified atom stereocenters. The summed E-state index contributed by atoms with van der Waals surface area (Å²) in [4.78, 5) is 16.6. The van der Waals surface area contributed by atoms with E-state index in [0.717, 1.165) is 17.1 Å². The molecular weight excluding hydrogens is 298 g/mol. The predicted octanol–water partition coefficient (Wildman–Crippen LogP) is 3.21. The lowest BCUT2D eigenvalue weighted by atomic mass is 9.93. The minimum absolute atomic E-state index is 0.00990. The molecule has 3 N–H and O–H groups in total. The van der Waals surface area contributed by atoms with Crippen molar-refractivity contribution in [2.24, 2.45) is 5.92 Å². The van der Waals surface area contributed by atoms with Gasteiger partial charge in [-0.1, -0.05) is 34.6 Å². The van der Waals surface area contributed by atoms with E-state index in [1.165, 1.54) is 0 Å². The number of nitrogens with zero attached hydrogens (tertiary/aromatic N) is 1. The third-order valence-corrected chi connectivity index (χ3v) is 4.35. The predicted molar refractivity (Wildman–Crippen MR) is 91.2 cm³/mol. The Morgan fingerprint density at radius 2 is 1.95 bits per heavy atom. The molecule has 6 heteroatoms. The molecule has 0 saturated carbocycles. The van der Waals surface area contributed by atoms with Crippen LogP contribution in [0.5, 0.6) is 0 Å². The van der Waals surface area contributed by atoms with Gasteiger partial charge in [0.15, 0.2) is 0 Å². The number of aliphatic hydroxyl groups is 1. The van der Waals surface area contributed by atoms with Crippen molar-refractivity contribution >= 4 is 17.4 Å². The van der Waals surface area contributed by atoms with Crippen LogP contribution in [0.4, 0.5) is 4.79 Å². The number of rotatable bonds is 6. The van der Waals surface area contributed by atoms with Crippen molar-refractivity contribution in [1.29, 1.82) is 0 Å². The molecule has 0 aliphatic rings. The van der Waals surface area contributed by atoms with Gasteiger partial charge in [0.1, 0.15) is 5.01 Å². The van der Waals surface area contributed by atoms with Crippen LogP contribution in [-0.4, -0.2) is 28.8 Å². The molecule has 1 rings (SSSR count). The van der Waals surface area contributed by atoms with Crippen LogP contribution in [-0.2, 0) is 5.41 Å². The van der Waals surface area contributed by atoms with Gasteiger partial charge in [0.25, 0.3) is 0 Å². The highest BCUT2D eigenvalue weighted by atomic mass is 32.1. The summed E-state index contributed by atoms with van der Waals surface area (Å²) in [6, 6.07) is -0.632. The second-order valence-electron chi connectivity index (χ2n) is 7.17. The number of carbonyl (C=O) groups excluding carboxylic acids is 1. The number of carbonyl (C=O) groups is 1. The van der Waals surface area contributed by atoms with E-state index >= 15 is 0 Å². The van der Waals surface area contributed by atoms with Crippen molar-refractivity contribution in [3.05, 3.63) is 16.1 Å². The van der Waals surface area contributed by atoms with Gasteiger partial charge in [0, 0.05) is 10.8 Å². The summed E-state index contributed by atoms with van der Waals surface area (Å²) in [6.07, 6.45) is 0.754. The van der Waals surface area contributed by atoms with E-state index < -0.39 is 0 Å². The lowest BCUT2D eigenvalue weighted by Crippen LogP contribution is -2.45. The van der Waals surface area contributed by atoms with Crippen LogP contribution in [0.25, 0.3) is 0 Å². The summed E-state index contributed by atoms with van der Waals surface area (Å²) >= 11 is 1.56. The first-order chi connectivity index (χ1) is 10.1. The van der Waals surface area contributed by atoms with Crippen molar-refractivity contribution in [3.8, 4) is 0 Å². The highest BCUT2D eigenvalue weighted by molar-refractivity contribution is 7.09. The Morgan fingerprint density at radius 1 is 1.32 bits per heavy atom. The number of hydrogen-bond donors (Lipinski definition) is 3. The molecule has 22 heavy (non-hydrogen) atoms. The van der Waals surface area contributed by atoms with E-state index in [1.54, 1.807) is 11.3 Å². The number of nitrogens with one attached hydrogen (secondary N) is 2. The van der Waals surface area contributed by atoms with E-state index in [0.29, 0.717) is 5.92 Å². The summed E-state index contributed by atoms with van der Waals surface area (Å²) in [5.41, 5.74) is 1.05. The zero-order valence-electron chi connectivity index (χ0n) is 14.4. The molecule has 2 atom stereocenters. The lowest BCUT2D eigenvalue weighted by Gasteiger charge is -2.20. The van der Waals surface area contributed by atoms with Crippen LogP contribution in [0.1, 0.15) is 64.7 Å². The number of hydrogen-bond acceptors (Lipinski definition) is 4. The van der Waals surface area contributed by atoms with Crippen molar-refractivity contribution in [2.75, 3.05) is 6.61 Å². The molecule has 126 valence electrons. The van der Waals surface area contributed by atoms with E-state index in [9.17, 15) is 9.90 Å². The van der Waals surface area contributed by atoms with Gasteiger partial charge in [0.05, 0.1) is 24.4 Å². The highest BCUT2D eigenvalue weighted by Gasteiger charge is 2.21. The molecule has 1 aromatic heterocycles. The van der Waals surface area contributed by atoms with Crippen LogP contribution in [0, 0.1) is 5.92 Å². The SMILES string of the molecule is CC(C)CC(CO)NC(=O)NC(C)c1nc(C(C)(C)C)cs1. The maximum absolute atomic E-state index is 12.0. The molecule has 1 aromatic rings. The maximum atomic E-state index is 12.0. The summed E-state index contributed by atoms with van der Waals surface area (Å²) < 4.78 is 0. The molecular formula is C16H29N3O2S. The zero-order valence-corrected chi connectivity index (χ0v) is 15.3. The Bertz CT molecular complexity index is 480. The molecule has 0 spiro atoms. The van der Waals surface area contributed by atoms with Crippen LogP contribution in [0.3, 0.4) is 0 Å². The Kier molecular flexibility index (Phi) is 6.81. The van der Waals surface area contributed by atoms with Crippen LogP contribution in [0.2, 0.25) is 0 Å². The van der Waals surface area contributed by atoms with Gasteiger partial charge >= 0.3 is 6.03 Å². The minimum atomic E-state index is -0.264. The Morgan fingerprint density at radius 3 is 2.41 bits per heavy atom. The minimum Gasteiger partial charge on any atom is -0.394 e. The van der Waals surface area contributed by atoms with Gasteiger partial charge < -0.3 is 15.7 Å². The molecule has 2 amide bonds. The molecule has 0 fully saturated rings. The average molecular weight is 327 g/mol. The monoisotopic (exact) mass is 327 g/mol. The first kappa shape index (κ1) is 18.9. The quantitative estimate of drug-likeness (QED) is 0.751. The van der Waals surface area contributed by atoms with Gasteiger partial charge in [-0.05, 0) is 19.3 Å². The molecule has 0 aromatic carbocycles. The van der Waals surface area contributed by atoms with Gasteiger partial charge in [0.2, 0.25) is 0 Å². The fraction of sp³-hybridized carbons (Fsp3) is 0.750. The van der Waals surface area contributed by atoms with Crippen molar-refractivity contribution in [3.63, 3.8) is 0 Å².